The van der Waals surface area contributed by atoms with Crippen molar-refractivity contribution >= 4 is 23.4 Å². The van der Waals surface area contributed by atoms with Crippen LogP contribution in [0.2, 0.25) is 5.02 Å². The van der Waals surface area contributed by atoms with Crippen LogP contribution in [0.5, 0.6) is 5.75 Å². The Kier molecular flexibility index (Phi) is 5.60. The molecule has 2 aromatic rings. The quantitative estimate of drug-likeness (QED) is 0.683. The molecule has 5 nitrogen and oxygen atoms in total. The number of halogens is 4. The summed E-state index contributed by atoms with van der Waals surface area (Å²) in [4.78, 5) is 12.4. The van der Waals surface area contributed by atoms with Crippen LogP contribution in [0.15, 0.2) is 36.4 Å². The van der Waals surface area contributed by atoms with Crippen LogP contribution in [0.1, 0.15) is 18.4 Å². The van der Waals surface area contributed by atoms with Crippen LogP contribution in [-0.4, -0.2) is 35.3 Å². The van der Waals surface area contributed by atoms with Gasteiger partial charge in [-0.25, -0.2) is 4.79 Å². The predicted octanol–water partition coefficient (Wildman–Crippen LogP) is 5.13. The molecule has 0 bridgehead atoms. The Labute approximate surface area is 164 Å². The van der Waals surface area contributed by atoms with E-state index < -0.39 is 17.8 Å². The zero-order valence-corrected chi connectivity index (χ0v) is 15.4. The number of alkyl halides is 3. The van der Waals surface area contributed by atoms with Crippen LogP contribution in [-0.2, 0) is 6.18 Å². The lowest BCUT2D eigenvalue weighted by atomic mass is 9.98. The molecule has 2 aromatic carbocycles. The average Bonchev–Trinajstić information content (AvgIpc) is 2.61. The van der Waals surface area contributed by atoms with Gasteiger partial charge in [-0.1, -0.05) is 23.7 Å². The van der Waals surface area contributed by atoms with E-state index in [2.05, 4.69) is 0 Å². The number of likely N-dealkylation sites (tertiary alicyclic amines) is 1. The van der Waals surface area contributed by atoms with Gasteiger partial charge in [-0.3, -0.25) is 0 Å². The second-order valence-electron chi connectivity index (χ2n) is 6.56. The zero-order chi connectivity index (χ0) is 20.5. The predicted molar refractivity (Wildman–Crippen MR) is 99.6 cm³/mol. The number of nitrogens with two attached hydrogens (primary N) is 1. The summed E-state index contributed by atoms with van der Waals surface area (Å²) in [6.07, 6.45) is -4.52. The molecule has 150 valence electrons. The van der Waals surface area contributed by atoms with E-state index in [0.717, 1.165) is 6.07 Å². The Bertz CT molecular complexity index is 872. The van der Waals surface area contributed by atoms with Gasteiger partial charge in [0, 0.05) is 17.8 Å². The van der Waals surface area contributed by atoms with Gasteiger partial charge >= 0.3 is 12.3 Å². The van der Waals surface area contributed by atoms with Crippen molar-refractivity contribution in [1.29, 1.82) is 0 Å². The largest absolute Gasteiger partial charge is 0.489 e. The maximum Gasteiger partial charge on any atom is 0.417 e. The van der Waals surface area contributed by atoms with Crippen LogP contribution in [0, 0.1) is 0 Å². The normalized spacial score (nSPS) is 17.4. The first-order valence-electron chi connectivity index (χ1n) is 8.56. The second-order valence-corrected chi connectivity index (χ2v) is 6.97. The van der Waals surface area contributed by atoms with E-state index in [0.29, 0.717) is 25.1 Å². The maximum absolute atomic E-state index is 13.4. The molecule has 1 unspecified atom stereocenters. The summed E-state index contributed by atoms with van der Waals surface area (Å²) in [6.45, 7) is 0.711. The Balaban J connectivity index is 1.83. The van der Waals surface area contributed by atoms with Gasteiger partial charge in [0.15, 0.2) is 0 Å². The molecule has 1 saturated heterocycles. The summed E-state index contributed by atoms with van der Waals surface area (Å²) in [5, 5.41) is 8.99. The van der Waals surface area contributed by atoms with E-state index in [1.54, 1.807) is 12.1 Å². The summed E-state index contributed by atoms with van der Waals surface area (Å²) in [7, 11) is 0. The van der Waals surface area contributed by atoms with Crippen LogP contribution in [0.4, 0.5) is 23.7 Å². The van der Waals surface area contributed by atoms with E-state index >= 15 is 0 Å². The molecule has 1 heterocycles. The summed E-state index contributed by atoms with van der Waals surface area (Å²) >= 11 is 6.04. The Hall–Kier alpha value is -2.61. The first-order chi connectivity index (χ1) is 13.1. The SMILES string of the molecule is Nc1cc(Cl)c(-c2ccc(OC3CCCN(C(=O)O)C3)cc2)c(C(F)(F)F)c1. The number of carboxylic acid groups (broad SMARTS) is 1. The fourth-order valence-corrected chi connectivity index (χ4v) is 3.58. The molecular weight excluding hydrogens is 397 g/mol. The average molecular weight is 415 g/mol. The van der Waals surface area contributed by atoms with Crippen molar-refractivity contribution in [2.75, 3.05) is 18.8 Å². The molecule has 0 aromatic heterocycles. The molecule has 1 atom stereocenters. The molecule has 1 aliphatic rings. The Morgan fingerprint density at radius 1 is 1.25 bits per heavy atom. The number of rotatable bonds is 3. The van der Waals surface area contributed by atoms with Crippen LogP contribution in [0.3, 0.4) is 0 Å². The highest BCUT2D eigenvalue weighted by Gasteiger charge is 2.35. The van der Waals surface area contributed by atoms with Gasteiger partial charge in [-0.15, -0.1) is 0 Å². The molecule has 1 aliphatic heterocycles. The zero-order valence-electron chi connectivity index (χ0n) is 14.7. The number of piperidine rings is 1. The van der Waals surface area contributed by atoms with E-state index in [1.807, 2.05) is 0 Å². The number of benzene rings is 2. The molecule has 0 aliphatic carbocycles. The standard InChI is InChI=1S/C19H18ClF3N2O3/c20-16-9-12(24)8-15(19(21,22)23)17(16)11-3-5-13(6-4-11)28-14-2-1-7-25(10-14)18(26)27/h3-6,8-9,14H,1-2,7,10,24H2,(H,26,27). The number of hydrogen-bond donors (Lipinski definition) is 2. The first-order valence-corrected chi connectivity index (χ1v) is 8.94. The van der Waals surface area contributed by atoms with Gasteiger partial charge in [0.2, 0.25) is 0 Å². The third-order valence-electron chi connectivity index (χ3n) is 4.51. The van der Waals surface area contributed by atoms with Crippen molar-refractivity contribution in [3.8, 4) is 16.9 Å². The van der Waals surface area contributed by atoms with Crippen molar-refractivity contribution in [2.45, 2.75) is 25.1 Å². The maximum atomic E-state index is 13.4. The molecule has 1 amide bonds. The molecule has 28 heavy (non-hydrogen) atoms. The molecule has 9 heteroatoms. The van der Waals surface area contributed by atoms with Gasteiger partial charge < -0.3 is 20.5 Å². The number of amides is 1. The molecule has 0 saturated carbocycles. The van der Waals surface area contributed by atoms with E-state index in [4.69, 9.17) is 27.2 Å². The molecular formula is C19H18ClF3N2O3. The lowest BCUT2D eigenvalue weighted by molar-refractivity contribution is -0.137. The summed E-state index contributed by atoms with van der Waals surface area (Å²) in [6, 6.07) is 8.19. The van der Waals surface area contributed by atoms with Gasteiger partial charge in [0.1, 0.15) is 11.9 Å². The van der Waals surface area contributed by atoms with E-state index in [1.165, 1.54) is 23.1 Å². The first kappa shape index (κ1) is 20.1. The topological polar surface area (TPSA) is 75.8 Å². The van der Waals surface area contributed by atoms with Crippen molar-refractivity contribution in [3.63, 3.8) is 0 Å². The minimum absolute atomic E-state index is 0.0682. The highest BCUT2D eigenvalue weighted by Crippen LogP contribution is 2.42. The highest BCUT2D eigenvalue weighted by molar-refractivity contribution is 6.33. The summed E-state index contributed by atoms with van der Waals surface area (Å²) < 4.78 is 46.0. The molecule has 0 spiro atoms. The summed E-state index contributed by atoms with van der Waals surface area (Å²) in [5.74, 6) is 0.445. The van der Waals surface area contributed by atoms with Gasteiger partial charge in [0.25, 0.3) is 0 Å². The third kappa shape index (κ3) is 4.44. The van der Waals surface area contributed by atoms with Crippen LogP contribution < -0.4 is 10.5 Å². The Morgan fingerprint density at radius 3 is 2.54 bits per heavy atom. The fraction of sp³-hybridized carbons (Fsp3) is 0.316. The number of carbonyl (C=O) groups is 1. The van der Waals surface area contributed by atoms with Gasteiger partial charge in [0.05, 0.1) is 17.1 Å². The van der Waals surface area contributed by atoms with Gasteiger partial charge in [-0.05, 0) is 42.7 Å². The molecule has 3 rings (SSSR count). The summed E-state index contributed by atoms with van der Waals surface area (Å²) in [5.41, 5.74) is 4.67. The minimum Gasteiger partial charge on any atom is -0.489 e. The molecule has 3 N–H and O–H groups in total. The highest BCUT2D eigenvalue weighted by atomic mass is 35.5. The molecule has 1 fully saturated rings. The van der Waals surface area contributed by atoms with Crippen LogP contribution in [0.25, 0.3) is 11.1 Å². The van der Waals surface area contributed by atoms with E-state index in [-0.39, 0.29) is 34.5 Å². The number of nitrogen functional groups attached to an aromatic ring is 1. The number of hydrogen-bond acceptors (Lipinski definition) is 3. The number of nitrogens with zero attached hydrogens (tertiary/aromatic N) is 1. The van der Waals surface area contributed by atoms with Crippen molar-refractivity contribution in [2.24, 2.45) is 0 Å². The lowest BCUT2D eigenvalue weighted by Gasteiger charge is -2.31. The number of ether oxygens (including phenoxy) is 1. The second kappa shape index (κ2) is 7.79. The van der Waals surface area contributed by atoms with Gasteiger partial charge in [-0.2, -0.15) is 13.2 Å². The van der Waals surface area contributed by atoms with E-state index in [9.17, 15) is 18.0 Å². The molecule has 0 radical (unpaired) electrons. The minimum atomic E-state index is -4.61. The smallest absolute Gasteiger partial charge is 0.417 e. The number of anilines is 1. The fourth-order valence-electron chi connectivity index (χ4n) is 3.25. The van der Waals surface area contributed by atoms with Crippen molar-refractivity contribution in [1.82, 2.24) is 4.90 Å². The monoisotopic (exact) mass is 414 g/mol. The van der Waals surface area contributed by atoms with Crippen molar-refractivity contribution in [3.05, 3.63) is 47.0 Å². The van der Waals surface area contributed by atoms with Crippen molar-refractivity contribution < 1.29 is 27.8 Å². The van der Waals surface area contributed by atoms with Crippen LogP contribution >= 0.6 is 11.6 Å². The third-order valence-corrected chi connectivity index (χ3v) is 4.81. The Morgan fingerprint density at radius 2 is 1.93 bits per heavy atom. The lowest BCUT2D eigenvalue weighted by Crippen LogP contribution is -2.43.